The Kier molecular flexibility index (Phi) is 5.89. The second-order valence-electron chi connectivity index (χ2n) is 4.79. The number of aryl methyl sites for hydroxylation is 1. The van der Waals surface area contributed by atoms with E-state index in [1.54, 1.807) is 24.5 Å². The molecule has 0 bridgehead atoms. The highest BCUT2D eigenvalue weighted by atomic mass is 35.5. The van der Waals surface area contributed by atoms with E-state index in [-0.39, 0.29) is 6.10 Å². The monoisotopic (exact) mass is 310 g/mol. The third kappa shape index (κ3) is 4.51. The van der Waals surface area contributed by atoms with Crippen LogP contribution in [0.5, 0.6) is 5.75 Å². The molecule has 0 fully saturated rings. The van der Waals surface area contributed by atoms with E-state index in [1.165, 1.54) is 4.88 Å². The average molecular weight is 311 g/mol. The summed E-state index contributed by atoms with van der Waals surface area (Å²) in [6.45, 7) is 0. The molecule has 0 aliphatic heterocycles. The predicted octanol–water partition coefficient (Wildman–Crippen LogP) is 4.34. The first-order chi connectivity index (χ1) is 9.69. The molecule has 1 unspecified atom stereocenters. The number of aliphatic hydroxyl groups is 1. The maximum absolute atomic E-state index is 10.1. The molecule has 20 heavy (non-hydrogen) atoms. The average Bonchev–Trinajstić information content (AvgIpc) is 2.92. The Bertz CT molecular complexity index is 525. The smallest absolute Gasteiger partial charge is 0.122 e. The van der Waals surface area contributed by atoms with Crippen LogP contribution in [0.2, 0.25) is 5.02 Å². The van der Waals surface area contributed by atoms with Gasteiger partial charge in [-0.05, 0) is 54.5 Å². The van der Waals surface area contributed by atoms with Gasteiger partial charge in [0.1, 0.15) is 5.75 Å². The first kappa shape index (κ1) is 15.4. The van der Waals surface area contributed by atoms with Gasteiger partial charge in [0.15, 0.2) is 0 Å². The number of ether oxygens (including phenoxy) is 1. The molecule has 108 valence electrons. The van der Waals surface area contributed by atoms with Crippen LogP contribution in [0.3, 0.4) is 0 Å². The van der Waals surface area contributed by atoms with Crippen molar-refractivity contribution in [3.8, 4) is 5.75 Å². The van der Waals surface area contributed by atoms with E-state index < -0.39 is 0 Å². The summed E-state index contributed by atoms with van der Waals surface area (Å²) in [5.41, 5.74) is 0.962. The van der Waals surface area contributed by atoms with E-state index in [2.05, 4.69) is 17.5 Å². The van der Waals surface area contributed by atoms with Gasteiger partial charge < -0.3 is 9.84 Å². The van der Waals surface area contributed by atoms with Crippen LogP contribution in [0.25, 0.3) is 0 Å². The van der Waals surface area contributed by atoms with E-state index >= 15 is 0 Å². The maximum atomic E-state index is 10.1. The van der Waals surface area contributed by atoms with Crippen molar-refractivity contribution in [3.63, 3.8) is 0 Å². The van der Waals surface area contributed by atoms with E-state index in [9.17, 15) is 5.11 Å². The van der Waals surface area contributed by atoms with Gasteiger partial charge in [0.25, 0.3) is 0 Å². The predicted molar refractivity (Wildman–Crippen MR) is 85.0 cm³/mol. The van der Waals surface area contributed by atoms with Crippen molar-refractivity contribution < 1.29 is 9.84 Å². The van der Waals surface area contributed by atoms with Crippen LogP contribution < -0.4 is 4.74 Å². The highest BCUT2D eigenvalue weighted by Crippen LogP contribution is 2.25. The molecule has 1 aromatic carbocycles. The zero-order chi connectivity index (χ0) is 14.4. The normalized spacial score (nSPS) is 12.3. The summed E-state index contributed by atoms with van der Waals surface area (Å²) in [5.74, 6) is 0.784. The van der Waals surface area contributed by atoms with Crippen molar-refractivity contribution in [2.75, 3.05) is 7.11 Å². The number of hydrogen-bond donors (Lipinski definition) is 1. The number of methoxy groups -OCH3 is 1. The lowest BCUT2D eigenvalue weighted by Crippen LogP contribution is -2.11. The van der Waals surface area contributed by atoms with Gasteiger partial charge >= 0.3 is 0 Å². The molecule has 0 radical (unpaired) electrons. The van der Waals surface area contributed by atoms with Crippen LogP contribution in [-0.2, 0) is 12.8 Å². The van der Waals surface area contributed by atoms with E-state index in [4.69, 9.17) is 16.3 Å². The second kappa shape index (κ2) is 7.67. The standard InChI is InChI=1S/C16H19ClO2S/c1-19-16-8-7-13(17)10-12(16)11-14(18)4-2-5-15-6-3-9-20-15/h3,6-10,14,18H,2,4-5,11H2,1H3. The minimum atomic E-state index is -0.359. The molecule has 1 N–H and O–H groups in total. The molecule has 2 rings (SSSR count). The lowest BCUT2D eigenvalue weighted by Gasteiger charge is -2.13. The highest BCUT2D eigenvalue weighted by Gasteiger charge is 2.10. The van der Waals surface area contributed by atoms with Crippen LogP contribution in [0.4, 0.5) is 0 Å². The molecular formula is C16H19ClO2S. The lowest BCUT2D eigenvalue weighted by molar-refractivity contribution is 0.161. The van der Waals surface area contributed by atoms with Crippen molar-refractivity contribution in [2.24, 2.45) is 0 Å². The van der Waals surface area contributed by atoms with Crippen LogP contribution in [0, 0.1) is 0 Å². The molecule has 0 spiro atoms. The molecule has 4 heteroatoms. The van der Waals surface area contributed by atoms with Gasteiger partial charge in [-0.1, -0.05) is 17.7 Å². The quantitative estimate of drug-likeness (QED) is 0.824. The largest absolute Gasteiger partial charge is 0.496 e. The molecule has 0 amide bonds. The summed E-state index contributed by atoms with van der Waals surface area (Å²) in [7, 11) is 1.63. The highest BCUT2D eigenvalue weighted by molar-refractivity contribution is 7.09. The maximum Gasteiger partial charge on any atom is 0.122 e. The summed E-state index contributed by atoms with van der Waals surface area (Å²) < 4.78 is 5.30. The van der Waals surface area contributed by atoms with Gasteiger partial charge in [0, 0.05) is 16.3 Å². The van der Waals surface area contributed by atoms with E-state index in [0.29, 0.717) is 11.4 Å². The summed E-state index contributed by atoms with van der Waals surface area (Å²) in [6, 6.07) is 9.70. The fourth-order valence-electron chi connectivity index (χ4n) is 2.23. The fraction of sp³-hybridized carbons (Fsp3) is 0.375. The number of aliphatic hydroxyl groups excluding tert-OH is 1. The Balaban J connectivity index is 1.84. The van der Waals surface area contributed by atoms with Crippen LogP contribution in [0.15, 0.2) is 35.7 Å². The molecular weight excluding hydrogens is 292 g/mol. The molecule has 2 aromatic rings. The summed E-state index contributed by atoms with van der Waals surface area (Å²) in [6.07, 6.45) is 3.02. The number of hydrogen-bond acceptors (Lipinski definition) is 3. The van der Waals surface area contributed by atoms with E-state index in [1.807, 2.05) is 12.1 Å². The van der Waals surface area contributed by atoms with Crippen molar-refractivity contribution in [2.45, 2.75) is 31.8 Å². The van der Waals surface area contributed by atoms with Crippen molar-refractivity contribution in [1.82, 2.24) is 0 Å². The van der Waals surface area contributed by atoms with Gasteiger partial charge in [0.05, 0.1) is 13.2 Å². The number of benzene rings is 1. The first-order valence-corrected chi connectivity index (χ1v) is 7.97. The molecule has 0 aliphatic rings. The van der Waals surface area contributed by atoms with Gasteiger partial charge in [-0.2, -0.15) is 0 Å². The fourth-order valence-corrected chi connectivity index (χ4v) is 3.18. The topological polar surface area (TPSA) is 29.5 Å². The lowest BCUT2D eigenvalue weighted by atomic mass is 10.0. The van der Waals surface area contributed by atoms with Gasteiger partial charge in [-0.15, -0.1) is 11.3 Å². The van der Waals surface area contributed by atoms with Crippen molar-refractivity contribution >= 4 is 22.9 Å². The Labute approximate surface area is 129 Å². The molecule has 0 saturated heterocycles. The van der Waals surface area contributed by atoms with Gasteiger partial charge in [-0.3, -0.25) is 0 Å². The minimum Gasteiger partial charge on any atom is -0.496 e. The molecule has 2 nitrogen and oxygen atoms in total. The van der Waals surface area contributed by atoms with Gasteiger partial charge in [-0.25, -0.2) is 0 Å². The molecule has 1 aromatic heterocycles. The zero-order valence-corrected chi connectivity index (χ0v) is 13.1. The Morgan fingerprint density at radius 3 is 2.90 bits per heavy atom. The minimum absolute atomic E-state index is 0.359. The molecule has 0 aliphatic carbocycles. The molecule has 1 atom stereocenters. The molecule has 1 heterocycles. The van der Waals surface area contributed by atoms with Crippen LogP contribution in [-0.4, -0.2) is 18.3 Å². The van der Waals surface area contributed by atoms with Crippen LogP contribution in [0.1, 0.15) is 23.3 Å². The third-order valence-electron chi connectivity index (χ3n) is 3.24. The Hall–Kier alpha value is -1.03. The number of thiophene rings is 1. The number of rotatable bonds is 7. The third-order valence-corrected chi connectivity index (χ3v) is 4.41. The van der Waals surface area contributed by atoms with E-state index in [0.717, 1.165) is 30.6 Å². The first-order valence-electron chi connectivity index (χ1n) is 6.72. The molecule has 0 saturated carbocycles. The van der Waals surface area contributed by atoms with Crippen LogP contribution >= 0.6 is 22.9 Å². The second-order valence-corrected chi connectivity index (χ2v) is 6.25. The van der Waals surface area contributed by atoms with Gasteiger partial charge in [0.2, 0.25) is 0 Å². The zero-order valence-electron chi connectivity index (χ0n) is 11.5. The summed E-state index contributed by atoms with van der Waals surface area (Å²) in [5, 5.41) is 12.9. The Morgan fingerprint density at radius 1 is 1.35 bits per heavy atom. The van der Waals surface area contributed by atoms with Crippen molar-refractivity contribution in [1.29, 1.82) is 0 Å². The Morgan fingerprint density at radius 2 is 2.20 bits per heavy atom. The SMILES string of the molecule is COc1ccc(Cl)cc1CC(O)CCCc1cccs1. The summed E-state index contributed by atoms with van der Waals surface area (Å²) >= 11 is 7.76. The number of halogens is 1. The van der Waals surface area contributed by atoms with Crippen molar-refractivity contribution in [3.05, 3.63) is 51.2 Å². The summed E-state index contributed by atoms with van der Waals surface area (Å²) in [4.78, 5) is 1.37.